The fourth-order valence-corrected chi connectivity index (χ4v) is 2.38. The summed E-state index contributed by atoms with van der Waals surface area (Å²) in [4.78, 5) is 36.5. The highest BCUT2D eigenvalue weighted by atomic mass is 16.4. The van der Waals surface area contributed by atoms with Crippen LogP contribution in [-0.2, 0) is 14.4 Å². The van der Waals surface area contributed by atoms with Crippen molar-refractivity contribution in [3.8, 4) is 0 Å². The number of carboxylic acids is 1. The molecule has 0 radical (unpaired) electrons. The van der Waals surface area contributed by atoms with Crippen LogP contribution in [0.15, 0.2) is 0 Å². The minimum absolute atomic E-state index is 0.0759. The Morgan fingerprint density at radius 1 is 1.45 bits per heavy atom. The monoisotopic (exact) mass is 285 g/mol. The first-order valence-corrected chi connectivity index (χ1v) is 6.95. The summed E-state index contributed by atoms with van der Waals surface area (Å²) in [5, 5.41) is 11.7. The van der Waals surface area contributed by atoms with Crippen molar-refractivity contribution in [1.29, 1.82) is 0 Å². The molecule has 7 nitrogen and oxygen atoms in total. The Balaban J connectivity index is 2.86. The number of nitrogens with two attached hydrogens (primary N) is 1. The number of amides is 2. The van der Waals surface area contributed by atoms with Crippen LogP contribution in [0.1, 0.15) is 33.1 Å². The van der Waals surface area contributed by atoms with Crippen LogP contribution in [-0.4, -0.2) is 53.0 Å². The molecule has 0 aliphatic carbocycles. The van der Waals surface area contributed by atoms with Crippen molar-refractivity contribution < 1.29 is 19.5 Å². The summed E-state index contributed by atoms with van der Waals surface area (Å²) in [6.45, 7) is 3.99. The molecule has 1 rings (SSSR count). The lowest BCUT2D eigenvalue weighted by Gasteiger charge is -2.30. The fourth-order valence-electron chi connectivity index (χ4n) is 2.38. The van der Waals surface area contributed by atoms with E-state index >= 15 is 0 Å². The normalized spacial score (nSPS) is 21.4. The van der Waals surface area contributed by atoms with Gasteiger partial charge in [0.05, 0.1) is 6.54 Å². The summed E-state index contributed by atoms with van der Waals surface area (Å²) >= 11 is 0. The Hall–Kier alpha value is -1.63. The zero-order chi connectivity index (χ0) is 15.3. The van der Waals surface area contributed by atoms with E-state index in [0.717, 1.165) is 0 Å². The van der Waals surface area contributed by atoms with Crippen LogP contribution in [0.4, 0.5) is 0 Å². The lowest BCUT2D eigenvalue weighted by molar-refractivity contribution is -0.150. The van der Waals surface area contributed by atoms with Crippen molar-refractivity contribution in [1.82, 2.24) is 10.2 Å². The fraction of sp³-hybridized carbons (Fsp3) is 0.769. The molecule has 1 saturated heterocycles. The van der Waals surface area contributed by atoms with Crippen LogP contribution in [0.3, 0.4) is 0 Å². The number of likely N-dealkylation sites (tertiary alicyclic amines) is 1. The van der Waals surface area contributed by atoms with Crippen LogP contribution in [0.2, 0.25) is 0 Å². The van der Waals surface area contributed by atoms with E-state index in [1.165, 1.54) is 4.90 Å². The predicted octanol–water partition coefficient (Wildman–Crippen LogP) is -0.448. The van der Waals surface area contributed by atoms with Crippen LogP contribution in [0.25, 0.3) is 0 Å². The predicted molar refractivity (Wildman–Crippen MR) is 72.8 cm³/mol. The number of nitrogens with zero attached hydrogens (tertiary/aromatic N) is 1. The second-order valence-corrected chi connectivity index (χ2v) is 5.16. The van der Waals surface area contributed by atoms with E-state index in [1.54, 1.807) is 0 Å². The molecule has 0 spiro atoms. The molecule has 0 aromatic carbocycles. The summed E-state index contributed by atoms with van der Waals surface area (Å²) in [5.41, 5.74) is 5.26. The lowest BCUT2D eigenvalue weighted by atomic mass is 9.97. The molecule has 0 bridgehead atoms. The van der Waals surface area contributed by atoms with Crippen LogP contribution < -0.4 is 11.1 Å². The van der Waals surface area contributed by atoms with Crippen molar-refractivity contribution in [3.05, 3.63) is 0 Å². The molecule has 0 saturated carbocycles. The van der Waals surface area contributed by atoms with Crippen molar-refractivity contribution in [3.63, 3.8) is 0 Å². The summed E-state index contributed by atoms with van der Waals surface area (Å²) in [5.74, 6) is -1.81. The summed E-state index contributed by atoms with van der Waals surface area (Å²) in [6.07, 6.45) is 1.83. The van der Waals surface area contributed by atoms with Crippen molar-refractivity contribution in [2.75, 3.05) is 13.1 Å². The largest absolute Gasteiger partial charge is 0.480 e. The molecule has 7 heteroatoms. The Labute approximate surface area is 118 Å². The second-order valence-electron chi connectivity index (χ2n) is 5.16. The highest BCUT2D eigenvalue weighted by molar-refractivity contribution is 5.91. The van der Waals surface area contributed by atoms with Gasteiger partial charge in [0.15, 0.2) is 0 Å². The lowest BCUT2D eigenvalue weighted by Crippen LogP contribution is -2.55. The van der Waals surface area contributed by atoms with Gasteiger partial charge in [0.25, 0.3) is 0 Å². The third kappa shape index (κ3) is 3.69. The molecule has 1 fully saturated rings. The number of carboxylic acid groups (broad SMARTS) is 1. The molecule has 0 unspecified atom stereocenters. The van der Waals surface area contributed by atoms with E-state index in [0.29, 0.717) is 25.8 Å². The molecule has 0 aromatic rings. The van der Waals surface area contributed by atoms with E-state index in [1.807, 2.05) is 13.8 Å². The van der Waals surface area contributed by atoms with Gasteiger partial charge in [-0.3, -0.25) is 9.59 Å². The SMILES string of the molecule is CC[C@H](C)[C@H](NC(=O)CN)C(=O)N1CCC[C@@H]1C(=O)O. The maximum Gasteiger partial charge on any atom is 0.326 e. The Morgan fingerprint density at radius 2 is 2.10 bits per heavy atom. The van der Waals surface area contributed by atoms with Crippen LogP contribution in [0.5, 0.6) is 0 Å². The van der Waals surface area contributed by atoms with Gasteiger partial charge >= 0.3 is 5.97 Å². The van der Waals surface area contributed by atoms with Crippen molar-refractivity contribution in [2.24, 2.45) is 11.7 Å². The van der Waals surface area contributed by atoms with E-state index in [4.69, 9.17) is 10.8 Å². The topological polar surface area (TPSA) is 113 Å². The third-order valence-electron chi connectivity index (χ3n) is 3.80. The smallest absolute Gasteiger partial charge is 0.326 e. The molecule has 3 atom stereocenters. The van der Waals surface area contributed by atoms with Gasteiger partial charge in [-0.25, -0.2) is 4.79 Å². The molecule has 1 heterocycles. The third-order valence-corrected chi connectivity index (χ3v) is 3.80. The Bertz CT molecular complexity index is 386. The molecule has 1 aliphatic rings. The molecule has 114 valence electrons. The van der Waals surface area contributed by atoms with Gasteiger partial charge < -0.3 is 21.1 Å². The van der Waals surface area contributed by atoms with Gasteiger partial charge in [0.2, 0.25) is 11.8 Å². The zero-order valence-corrected chi connectivity index (χ0v) is 12.0. The first kappa shape index (κ1) is 16.4. The molecular weight excluding hydrogens is 262 g/mol. The van der Waals surface area contributed by atoms with Crippen LogP contribution >= 0.6 is 0 Å². The average Bonchev–Trinajstić information content (AvgIpc) is 2.92. The van der Waals surface area contributed by atoms with E-state index < -0.39 is 24.0 Å². The van der Waals surface area contributed by atoms with E-state index in [-0.39, 0.29) is 18.4 Å². The summed E-state index contributed by atoms with van der Waals surface area (Å²) < 4.78 is 0. The molecule has 2 amide bonds. The van der Waals surface area contributed by atoms with Gasteiger partial charge in [-0.1, -0.05) is 20.3 Å². The number of hydrogen-bond acceptors (Lipinski definition) is 4. The number of carbonyl (C=O) groups is 3. The molecule has 1 aliphatic heterocycles. The molecular formula is C13H23N3O4. The standard InChI is InChI=1S/C13H23N3O4/c1-3-8(2)11(15-10(17)7-14)12(18)16-6-4-5-9(16)13(19)20/h8-9,11H,3-7,14H2,1-2H3,(H,15,17)(H,19,20)/t8-,9+,11-/m0/s1. The summed E-state index contributed by atoms with van der Waals surface area (Å²) in [7, 11) is 0. The van der Waals surface area contributed by atoms with Gasteiger partial charge in [0.1, 0.15) is 12.1 Å². The van der Waals surface area contributed by atoms with Gasteiger partial charge in [-0.15, -0.1) is 0 Å². The quantitative estimate of drug-likeness (QED) is 0.612. The number of carbonyl (C=O) groups excluding carboxylic acids is 2. The van der Waals surface area contributed by atoms with Gasteiger partial charge in [-0.05, 0) is 18.8 Å². The number of nitrogens with one attached hydrogen (secondary N) is 1. The van der Waals surface area contributed by atoms with Gasteiger partial charge in [-0.2, -0.15) is 0 Å². The molecule has 0 aromatic heterocycles. The number of hydrogen-bond donors (Lipinski definition) is 3. The maximum atomic E-state index is 12.5. The molecule has 20 heavy (non-hydrogen) atoms. The number of aliphatic carboxylic acids is 1. The molecule has 4 N–H and O–H groups in total. The van der Waals surface area contributed by atoms with E-state index in [9.17, 15) is 14.4 Å². The number of rotatable bonds is 6. The van der Waals surface area contributed by atoms with Gasteiger partial charge in [0, 0.05) is 6.54 Å². The van der Waals surface area contributed by atoms with Crippen molar-refractivity contribution in [2.45, 2.75) is 45.2 Å². The first-order chi connectivity index (χ1) is 9.42. The Morgan fingerprint density at radius 3 is 2.60 bits per heavy atom. The van der Waals surface area contributed by atoms with Crippen LogP contribution in [0, 0.1) is 5.92 Å². The van der Waals surface area contributed by atoms with E-state index in [2.05, 4.69) is 5.32 Å². The minimum atomic E-state index is -0.996. The zero-order valence-electron chi connectivity index (χ0n) is 12.0. The highest BCUT2D eigenvalue weighted by Crippen LogP contribution is 2.21. The summed E-state index contributed by atoms with van der Waals surface area (Å²) in [6, 6.07) is -1.50. The maximum absolute atomic E-state index is 12.5. The highest BCUT2D eigenvalue weighted by Gasteiger charge is 2.38. The first-order valence-electron chi connectivity index (χ1n) is 6.95. The minimum Gasteiger partial charge on any atom is -0.480 e. The second kappa shape index (κ2) is 7.23. The van der Waals surface area contributed by atoms with Crippen molar-refractivity contribution >= 4 is 17.8 Å². The Kier molecular flexibility index (Phi) is 5.94. The average molecular weight is 285 g/mol.